The maximum atomic E-state index is 12.1. The number of carbonyl (C=O) groups excluding carboxylic acids is 1. The summed E-state index contributed by atoms with van der Waals surface area (Å²) < 4.78 is 72.8. The van der Waals surface area contributed by atoms with E-state index in [1.165, 1.54) is 5.32 Å². The predicted octanol–water partition coefficient (Wildman–Crippen LogP) is 1.46. The Labute approximate surface area is 95.9 Å². The van der Waals surface area contributed by atoms with Crippen molar-refractivity contribution in [3.05, 3.63) is 0 Å². The highest BCUT2D eigenvalue weighted by atomic mass is 19.4. The molecule has 0 saturated heterocycles. The number of hydrogen-bond donors (Lipinski definition) is 2. The van der Waals surface area contributed by atoms with Gasteiger partial charge in [-0.2, -0.15) is 26.3 Å². The van der Waals surface area contributed by atoms with Crippen LogP contribution in [0.15, 0.2) is 0 Å². The summed E-state index contributed by atoms with van der Waals surface area (Å²) in [5.41, 5.74) is -1.99. The quantitative estimate of drug-likeness (QED) is 0.769. The second kappa shape index (κ2) is 4.02. The normalized spacial score (nSPS) is 18.6. The molecule has 1 aliphatic carbocycles. The molecule has 1 rings (SSSR count). The second-order valence-electron chi connectivity index (χ2n) is 3.89. The van der Waals surface area contributed by atoms with Gasteiger partial charge >= 0.3 is 18.3 Å². The Morgan fingerprint density at radius 2 is 1.44 bits per heavy atom. The molecule has 0 radical (unpaired) electrons. The fraction of sp³-hybridized carbons (Fsp3) is 0.750. The van der Waals surface area contributed by atoms with E-state index in [2.05, 4.69) is 0 Å². The van der Waals surface area contributed by atoms with Gasteiger partial charge < -0.3 is 10.4 Å². The average Bonchev–Trinajstić information content (AvgIpc) is 2.78. The van der Waals surface area contributed by atoms with Crippen LogP contribution in [0.1, 0.15) is 12.8 Å². The number of amides is 1. The average molecular weight is 279 g/mol. The molecule has 0 bridgehead atoms. The van der Waals surface area contributed by atoms with Gasteiger partial charge in [-0.05, 0) is 12.8 Å². The maximum Gasteiger partial charge on any atom is 0.409 e. The first kappa shape index (κ1) is 14.6. The second-order valence-corrected chi connectivity index (χ2v) is 3.89. The van der Waals surface area contributed by atoms with E-state index in [4.69, 9.17) is 5.11 Å². The number of carboxylic acid groups (broad SMARTS) is 1. The first-order valence-corrected chi connectivity index (χ1v) is 4.59. The van der Waals surface area contributed by atoms with Crippen molar-refractivity contribution in [1.29, 1.82) is 0 Å². The Morgan fingerprint density at radius 1 is 1.06 bits per heavy atom. The lowest BCUT2D eigenvalue weighted by Gasteiger charge is -2.23. The zero-order valence-corrected chi connectivity index (χ0v) is 8.52. The summed E-state index contributed by atoms with van der Waals surface area (Å²) in [7, 11) is 0. The van der Waals surface area contributed by atoms with Crippen LogP contribution in [0.25, 0.3) is 0 Å². The van der Waals surface area contributed by atoms with E-state index in [1.54, 1.807) is 0 Å². The lowest BCUT2D eigenvalue weighted by Crippen LogP contribution is -2.53. The van der Waals surface area contributed by atoms with Crippen molar-refractivity contribution in [3.8, 4) is 0 Å². The zero-order valence-electron chi connectivity index (χ0n) is 8.52. The number of aliphatic carboxylic acids is 1. The highest BCUT2D eigenvalue weighted by Gasteiger charge is 2.63. The maximum absolute atomic E-state index is 12.1. The summed E-state index contributed by atoms with van der Waals surface area (Å²) in [6.07, 6.45) is -12.0. The highest BCUT2D eigenvalue weighted by Crippen LogP contribution is 2.42. The predicted molar refractivity (Wildman–Crippen MR) is 43.3 cm³/mol. The van der Waals surface area contributed by atoms with Crippen LogP contribution in [0.2, 0.25) is 0 Å². The summed E-state index contributed by atoms with van der Waals surface area (Å²) >= 11 is 0. The number of carbonyl (C=O) groups is 2. The molecule has 4 nitrogen and oxygen atoms in total. The molecule has 1 amide bonds. The van der Waals surface area contributed by atoms with Gasteiger partial charge in [-0.1, -0.05) is 0 Å². The van der Waals surface area contributed by atoms with E-state index in [1.807, 2.05) is 0 Å². The molecule has 0 spiro atoms. The lowest BCUT2D eigenvalue weighted by molar-refractivity contribution is -0.274. The van der Waals surface area contributed by atoms with Crippen LogP contribution < -0.4 is 5.32 Å². The van der Waals surface area contributed by atoms with Crippen LogP contribution in [0.5, 0.6) is 0 Å². The van der Waals surface area contributed by atoms with Gasteiger partial charge in [0.25, 0.3) is 0 Å². The van der Waals surface area contributed by atoms with Crippen LogP contribution in [-0.2, 0) is 9.59 Å². The Bertz CT molecular complexity index is 356. The summed E-state index contributed by atoms with van der Waals surface area (Å²) in [6, 6.07) is 0. The largest absolute Gasteiger partial charge is 0.480 e. The topological polar surface area (TPSA) is 66.4 Å². The monoisotopic (exact) mass is 279 g/mol. The molecule has 10 heteroatoms. The Morgan fingerprint density at radius 3 is 1.67 bits per heavy atom. The molecule has 0 aliphatic heterocycles. The van der Waals surface area contributed by atoms with Crippen LogP contribution in [0.4, 0.5) is 26.3 Å². The van der Waals surface area contributed by atoms with Crippen LogP contribution >= 0.6 is 0 Å². The third-order valence-corrected chi connectivity index (χ3v) is 2.44. The number of carboxylic acids is 1. The van der Waals surface area contributed by atoms with Gasteiger partial charge in [0.1, 0.15) is 5.54 Å². The molecule has 2 N–H and O–H groups in total. The Hall–Kier alpha value is -1.48. The molecule has 0 aromatic heterocycles. The van der Waals surface area contributed by atoms with E-state index < -0.39 is 35.7 Å². The lowest BCUT2D eigenvalue weighted by atomic mass is 10.1. The van der Waals surface area contributed by atoms with Crippen molar-refractivity contribution in [1.82, 2.24) is 5.32 Å². The highest BCUT2D eigenvalue weighted by molar-refractivity contribution is 5.91. The zero-order chi connectivity index (χ0) is 14.4. The Balaban J connectivity index is 2.89. The van der Waals surface area contributed by atoms with Crippen LogP contribution in [0, 0.1) is 5.92 Å². The first-order chi connectivity index (χ1) is 7.90. The molecule has 0 aromatic carbocycles. The standard InChI is InChI=1S/C8H7F6NO3/c9-7(10,11)3(8(12,13)14)4(16)15-6(1-2-6)5(17)18/h3H,1-2H2,(H,15,16)(H,17,18). The number of hydrogen-bond acceptors (Lipinski definition) is 2. The molecule has 0 atom stereocenters. The fourth-order valence-corrected chi connectivity index (χ4v) is 1.31. The summed E-state index contributed by atoms with van der Waals surface area (Å²) in [4.78, 5) is 21.5. The van der Waals surface area contributed by atoms with E-state index in [0.717, 1.165) is 0 Å². The number of nitrogens with one attached hydrogen (secondary N) is 1. The summed E-state index contributed by atoms with van der Waals surface area (Å²) in [5.74, 6) is -8.27. The SMILES string of the molecule is O=C(NC1(C(=O)O)CC1)C(C(F)(F)F)C(F)(F)F. The minimum Gasteiger partial charge on any atom is -0.480 e. The van der Waals surface area contributed by atoms with Crippen LogP contribution in [0.3, 0.4) is 0 Å². The molecule has 0 unspecified atom stereocenters. The molecular formula is C8H7F6NO3. The van der Waals surface area contributed by atoms with E-state index in [9.17, 15) is 35.9 Å². The van der Waals surface area contributed by atoms with Crippen molar-refractivity contribution in [3.63, 3.8) is 0 Å². The van der Waals surface area contributed by atoms with Crippen LogP contribution in [-0.4, -0.2) is 34.9 Å². The van der Waals surface area contributed by atoms with Gasteiger partial charge in [0, 0.05) is 0 Å². The smallest absolute Gasteiger partial charge is 0.409 e. The molecule has 0 aromatic rings. The number of alkyl halides is 6. The van der Waals surface area contributed by atoms with Gasteiger partial charge in [-0.15, -0.1) is 0 Å². The van der Waals surface area contributed by atoms with E-state index in [-0.39, 0.29) is 12.8 Å². The van der Waals surface area contributed by atoms with Crippen molar-refractivity contribution in [2.75, 3.05) is 0 Å². The number of halogens is 6. The minimum absolute atomic E-state index is 0.198. The van der Waals surface area contributed by atoms with Crippen molar-refractivity contribution in [2.24, 2.45) is 5.92 Å². The summed E-state index contributed by atoms with van der Waals surface area (Å²) in [6.45, 7) is 0. The van der Waals surface area contributed by atoms with Gasteiger partial charge in [0.05, 0.1) is 0 Å². The van der Waals surface area contributed by atoms with Gasteiger partial charge in [0.2, 0.25) is 11.8 Å². The third-order valence-electron chi connectivity index (χ3n) is 2.44. The van der Waals surface area contributed by atoms with Gasteiger partial charge in [0.15, 0.2) is 0 Å². The third kappa shape index (κ3) is 2.85. The van der Waals surface area contributed by atoms with Crippen molar-refractivity contribution in [2.45, 2.75) is 30.7 Å². The van der Waals surface area contributed by atoms with Crippen molar-refractivity contribution < 1.29 is 41.0 Å². The minimum atomic E-state index is -5.82. The summed E-state index contributed by atoms with van der Waals surface area (Å²) in [5, 5.41) is 9.86. The van der Waals surface area contributed by atoms with Gasteiger partial charge in [-0.3, -0.25) is 4.79 Å². The fourth-order valence-electron chi connectivity index (χ4n) is 1.31. The molecule has 104 valence electrons. The first-order valence-electron chi connectivity index (χ1n) is 4.59. The molecule has 1 fully saturated rings. The molecule has 1 saturated carbocycles. The molecule has 1 aliphatic rings. The molecular weight excluding hydrogens is 272 g/mol. The van der Waals surface area contributed by atoms with Crippen molar-refractivity contribution >= 4 is 11.9 Å². The van der Waals surface area contributed by atoms with Gasteiger partial charge in [-0.25, -0.2) is 4.79 Å². The number of rotatable bonds is 3. The molecule has 18 heavy (non-hydrogen) atoms. The van der Waals surface area contributed by atoms with E-state index >= 15 is 0 Å². The molecule has 0 heterocycles. The van der Waals surface area contributed by atoms with E-state index in [0.29, 0.717) is 0 Å². The Kier molecular flexibility index (Phi) is 3.26.